The minimum atomic E-state index is -0.366. The number of carbonyl (C=O) groups excluding carboxylic acids is 1. The number of benzene rings is 2. The lowest BCUT2D eigenvalue weighted by molar-refractivity contribution is 0.100. The van der Waals surface area contributed by atoms with Crippen molar-refractivity contribution in [2.45, 2.75) is 6.42 Å². The van der Waals surface area contributed by atoms with Crippen molar-refractivity contribution >= 4 is 34.9 Å². The molecule has 0 radical (unpaired) electrons. The molecular formula is C18H13NO. The molecule has 0 heterocycles. The van der Waals surface area contributed by atoms with E-state index in [-0.39, 0.29) is 5.91 Å². The predicted octanol–water partition coefficient (Wildman–Crippen LogP) is 1.64. The largest absolute Gasteiger partial charge is 0.366 e. The molecule has 0 fully saturated rings. The van der Waals surface area contributed by atoms with Crippen molar-refractivity contribution in [2.24, 2.45) is 5.73 Å². The summed E-state index contributed by atoms with van der Waals surface area (Å²) >= 11 is 0. The number of primary amides is 1. The molecule has 2 aromatic rings. The fraction of sp³-hybridized carbons (Fsp3) is 0.0556. The molecule has 0 atom stereocenters. The van der Waals surface area contributed by atoms with Crippen molar-refractivity contribution in [1.29, 1.82) is 0 Å². The Hall–Kier alpha value is -2.61. The van der Waals surface area contributed by atoms with Crippen molar-refractivity contribution in [1.82, 2.24) is 0 Å². The molecule has 2 N–H and O–H groups in total. The molecule has 2 aromatic carbocycles. The van der Waals surface area contributed by atoms with Crippen LogP contribution in [0, 0.1) is 0 Å². The first-order chi connectivity index (χ1) is 9.75. The maximum atomic E-state index is 11.9. The number of hydrogen-bond donors (Lipinski definition) is 1. The highest BCUT2D eigenvalue weighted by molar-refractivity contribution is 6.11. The molecular weight excluding hydrogens is 246 g/mol. The van der Waals surface area contributed by atoms with E-state index >= 15 is 0 Å². The summed E-state index contributed by atoms with van der Waals surface area (Å²) in [6, 6.07) is 6.15. The maximum Gasteiger partial charge on any atom is 0.249 e. The van der Waals surface area contributed by atoms with Crippen molar-refractivity contribution < 1.29 is 4.79 Å². The normalized spacial score (nSPS) is 14.6. The lowest BCUT2D eigenvalue weighted by Gasteiger charge is -2.14. The van der Waals surface area contributed by atoms with E-state index in [0.29, 0.717) is 5.56 Å². The monoisotopic (exact) mass is 259 g/mol. The molecule has 4 rings (SSSR count). The molecule has 96 valence electrons. The zero-order chi connectivity index (χ0) is 13.7. The van der Waals surface area contributed by atoms with Crippen LogP contribution in [0.4, 0.5) is 0 Å². The van der Waals surface area contributed by atoms with E-state index in [1.165, 1.54) is 5.56 Å². The van der Waals surface area contributed by atoms with Crippen LogP contribution >= 0.6 is 0 Å². The minimum Gasteiger partial charge on any atom is -0.366 e. The lowest BCUT2D eigenvalue weighted by Crippen LogP contribution is -2.20. The number of amides is 1. The zero-order valence-corrected chi connectivity index (χ0v) is 10.9. The third-order valence-electron chi connectivity index (χ3n) is 4.06. The van der Waals surface area contributed by atoms with Gasteiger partial charge in [-0.1, -0.05) is 48.6 Å². The molecule has 2 aliphatic rings. The molecule has 1 amide bonds. The Morgan fingerprint density at radius 1 is 1.10 bits per heavy atom. The fourth-order valence-electron chi connectivity index (χ4n) is 3.15. The van der Waals surface area contributed by atoms with Gasteiger partial charge >= 0.3 is 0 Å². The van der Waals surface area contributed by atoms with E-state index in [9.17, 15) is 4.79 Å². The Kier molecular flexibility index (Phi) is 2.21. The van der Waals surface area contributed by atoms with Gasteiger partial charge in [0, 0.05) is 10.9 Å². The average molecular weight is 259 g/mol. The van der Waals surface area contributed by atoms with Gasteiger partial charge in [0.1, 0.15) is 0 Å². The van der Waals surface area contributed by atoms with Crippen LogP contribution in [-0.2, 0) is 6.42 Å². The summed E-state index contributed by atoms with van der Waals surface area (Å²) in [5, 5.41) is 4.37. The lowest BCUT2D eigenvalue weighted by atomic mass is 9.90. The molecule has 0 saturated heterocycles. The summed E-state index contributed by atoms with van der Waals surface area (Å²) < 4.78 is 0. The summed E-state index contributed by atoms with van der Waals surface area (Å²) in [5.74, 6) is -0.366. The second-order valence-corrected chi connectivity index (χ2v) is 5.17. The Morgan fingerprint density at radius 2 is 1.95 bits per heavy atom. The molecule has 2 nitrogen and oxygen atoms in total. The maximum absolute atomic E-state index is 11.9. The Balaban J connectivity index is 2.29. The molecule has 0 aromatic heterocycles. The average Bonchev–Trinajstić information content (AvgIpc) is 2.94. The second-order valence-electron chi connectivity index (χ2n) is 5.17. The molecule has 0 saturated carbocycles. The molecule has 0 spiro atoms. The van der Waals surface area contributed by atoms with Gasteiger partial charge in [-0.2, -0.15) is 0 Å². The first kappa shape index (κ1) is 11.2. The number of allylic oxidation sites excluding steroid dienone is 3. The Labute approximate surface area is 116 Å². The molecule has 2 aliphatic carbocycles. The van der Waals surface area contributed by atoms with Crippen molar-refractivity contribution in [3.05, 3.63) is 63.6 Å². The predicted molar refractivity (Wildman–Crippen MR) is 82.5 cm³/mol. The van der Waals surface area contributed by atoms with Gasteiger partial charge in [-0.3, -0.25) is 4.79 Å². The first-order valence-corrected chi connectivity index (χ1v) is 6.69. The van der Waals surface area contributed by atoms with Gasteiger partial charge in [0.25, 0.3) is 0 Å². The van der Waals surface area contributed by atoms with Gasteiger partial charge in [-0.05, 0) is 39.4 Å². The van der Waals surface area contributed by atoms with Crippen LogP contribution in [0.15, 0.2) is 36.4 Å². The van der Waals surface area contributed by atoms with Crippen LogP contribution in [0.5, 0.6) is 0 Å². The van der Waals surface area contributed by atoms with Crippen LogP contribution < -0.4 is 16.2 Å². The number of rotatable bonds is 1. The van der Waals surface area contributed by atoms with Gasteiger partial charge in [0.15, 0.2) is 0 Å². The standard InChI is InChI=1S/C18H13NO/c19-18(20)16-10-12-4-1-2-6-13(12)15-9-8-11-5-3-7-14(11)17(15)16/h1-5,7-10H,6H2,(H2,19,20). The van der Waals surface area contributed by atoms with Crippen LogP contribution in [-0.4, -0.2) is 5.91 Å². The highest BCUT2D eigenvalue weighted by atomic mass is 16.1. The van der Waals surface area contributed by atoms with Crippen LogP contribution in [0.2, 0.25) is 0 Å². The fourth-order valence-corrected chi connectivity index (χ4v) is 3.15. The third kappa shape index (κ3) is 1.42. The summed E-state index contributed by atoms with van der Waals surface area (Å²) in [4.78, 5) is 11.9. The molecule has 20 heavy (non-hydrogen) atoms. The Morgan fingerprint density at radius 3 is 2.80 bits per heavy atom. The highest BCUT2D eigenvalue weighted by Crippen LogP contribution is 2.25. The molecule has 2 heteroatoms. The van der Waals surface area contributed by atoms with Crippen LogP contribution in [0.25, 0.3) is 29.0 Å². The zero-order valence-electron chi connectivity index (χ0n) is 10.9. The highest BCUT2D eigenvalue weighted by Gasteiger charge is 2.16. The van der Waals surface area contributed by atoms with E-state index < -0.39 is 0 Å². The van der Waals surface area contributed by atoms with Crippen LogP contribution in [0.3, 0.4) is 0 Å². The van der Waals surface area contributed by atoms with E-state index in [4.69, 9.17) is 5.73 Å². The van der Waals surface area contributed by atoms with E-state index in [1.807, 2.05) is 24.3 Å². The number of carbonyl (C=O) groups is 1. The summed E-state index contributed by atoms with van der Waals surface area (Å²) in [5.41, 5.74) is 8.59. The van der Waals surface area contributed by atoms with E-state index in [0.717, 1.165) is 33.2 Å². The molecule has 0 bridgehead atoms. The first-order valence-electron chi connectivity index (χ1n) is 6.69. The Bertz CT molecular complexity index is 946. The van der Waals surface area contributed by atoms with Crippen molar-refractivity contribution in [3.63, 3.8) is 0 Å². The third-order valence-corrected chi connectivity index (χ3v) is 4.06. The second kappa shape index (κ2) is 3.94. The quantitative estimate of drug-likeness (QED) is 0.831. The topological polar surface area (TPSA) is 43.1 Å². The summed E-state index contributed by atoms with van der Waals surface area (Å²) in [6.07, 6.45) is 13.2. The minimum absolute atomic E-state index is 0.366. The number of fused-ring (bicyclic) bond motifs is 5. The molecule has 0 aliphatic heterocycles. The smallest absolute Gasteiger partial charge is 0.249 e. The summed E-state index contributed by atoms with van der Waals surface area (Å²) in [6.45, 7) is 0. The number of nitrogens with two attached hydrogens (primary N) is 1. The molecule has 0 unspecified atom stereocenters. The summed E-state index contributed by atoms with van der Waals surface area (Å²) in [7, 11) is 0. The van der Waals surface area contributed by atoms with Crippen LogP contribution in [0.1, 0.15) is 21.5 Å². The van der Waals surface area contributed by atoms with Gasteiger partial charge in [-0.15, -0.1) is 0 Å². The van der Waals surface area contributed by atoms with E-state index in [2.05, 4.69) is 30.4 Å². The van der Waals surface area contributed by atoms with Gasteiger partial charge in [0.05, 0.1) is 0 Å². The van der Waals surface area contributed by atoms with E-state index in [1.54, 1.807) is 0 Å². The SMILES string of the molecule is NC(=O)c1cc2c(c3ccc4c(c13)C=CC=4)CC=CC=2. The van der Waals surface area contributed by atoms with Gasteiger partial charge in [0.2, 0.25) is 5.91 Å². The van der Waals surface area contributed by atoms with Crippen molar-refractivity contribution in [3.8, 4) is 0 Å². The van der Waals surface area contributed by atoms with Gasteiger partial charge in [-0.25, -0.2) is 0 Å². The number of hydrogen-bond acceptors (Lipinski definition) is 1. The van der Waals surface area contributed by atoms with Gasteiger partial charge < -0.3 is 5.73 Å². The van der Waals surface area contributed by atoms with Crippen molar-refractivity contribution in [2.75, 3.05) is 0 Å².